The Bertz CT molecular complexity index is 699. The number of allylic oxidation sites excluding steroid dienone is 1. The third kappa shape index (κ3) is 6.62. The molecule has 0 aliphatic rings. The third-order valence-electron chi connectivity index (χ3n) is 3.29. The lowest BCUT2D eigenvalue weighted by Gasteiger charge is -2.09. The summed E-state index contributed by atoms with van der Waals surface area (Å²) in [4.78, 5) is 11.9. The third-order valence-corrected chi connectivity index (χ3v) is 3.54. The highest BCUT2D eigenvalue weighted by molar-refractivity contribution is 7.80. The number of carbonyl (C=O) groups excluding carboxylic acids is 1. The number of amides is 1. The average molecular weight is 339 g/mol. The maximum atomic E-state index is 11.9. The summed E-state index contributed by atoms with van der Waals surface area (Å²) in [6.07, 6.45) is 1.50. The number of rotatable bonds is 6. The van der Waals surface area contributed by atoms with Gasteiger partial charge in [0.15, 0.2) is 5.11 Å². The van der Waals surface area contributed by atoms with Gasteiger partial charge >= 0.3 is 0 Å². The SMILES string of the molecule is C/C(=C/C(=O)NC(=S)NCc1ccccc1)NCc1ccccc1. The van der Waals surface area contributed by atoms with Crippen molar-refractivity contribution in [1.82, 2.24) is 16.0 Å². The van der Waals surface area contributed by atoms with E-state index >= 15 is 0 Å². The number of nitrogens with one attached hydrogen (secondary N) is 3. The van der Waals surface area contributed by atoms with Gasteiger partial charge in [0.2, 0.25) is 0 Å². The first kappa shape index (κ1) is 17.7. The zero-order valence-electron chi connectivity index (χ0n) is 13.6. The average Bonchev–Trinajstić information content (AvgIpc) is 2.60. The molecule has 2 aromatic carbocycles. The van der Waals surface area contributed by atoms with Crippen molar-refractivity contribution in [3.63, 3.8) is 0 Å². The monoisotopic (exact) mass is 339 g/mol. The lowest BCUT2D eigenvalue weighted by Crippen LogP contribution is -2.38. The molecule has 0 fully saturated rings. The largest absolute Gasteiger partial charge is 0.384 e. The van der Waals surface area contributed by atoms with Gasteiger partial charge in [-0.05, 0) is 30.3 Å². The molecule has 0 heterocycles. The molecule has 2 rings (SSSR count). The van der Waals surface area contributed by atoms with Gasteiger partial charge in [-0.3, -0.25) is 10.1 Å². The van der Waals surface area contributed by atoms with Crippen molar-refractivity contribution in [2.24, 2.45) is 0 Å². The Morgan fingerprint density at radius 2 is 1.42 bits per heavy atom. The Kier molecular flexibility index (Phi) is 6.98. The fraction of sp³-hybridized carbons (Fsp3) is 0.158. The molecule has 124 valence electrons. The minimum Gasteiger partial charge on any atom is -0.384 e. The molecule has 0 aliphatic heterocycles. The summed E-state index contributed by atoms with van der Waals surface area (Å²) in [5.41, 5.74) is 3.04. The van der Waals surface area contributed by atoms with Crippen molar-refractivity contribution in [3.8, 4) is 0 Å². The molecule has 0 spiro atoms. The van der Waals surface area contributed by atoms with Crippen molar-refractivity contribution in [2.45, 2.75) is 20.0 Å². The van der Waals surface area contributed by atoms with Gasteiger partial charge in [-0.2, -0.15) is 0 Å². The van der Waals surface area contributed by atoms with Crippen LogP contribution in [0.15, 0.2) is 72.4 Å². The maximum Gasteiger partial charge on any atom is 0.251 e. The highest BCUT2D eigenvalue weighted by Crippen LogP contribution is 1.99. The lowest BCUT2D eigenvalue weighted by atomic mass is 10.2. The zero-order valence-corrected chi connectivity index (χ0v) is 14.4. The predicted octanol–water partition coefficient (Wildman–Crippen LogP) is 2.87. The Labute approximate surface area is 148 Å². The second-order valence-corrected chi connectivity index (χ2v) is 5.73. The van der Waals surface area contributed by atoms with Gasteiger partial charge in [0.1, 0.15) is 0 Å². The van der Waals surface area contributed by atoms with Crippen LogP contribution in [0.25, 0.3) is 0 Å². The van der Waals surface area contributed by atoms with Crippen molar-refractivity contribution in [1.29, 1.82) is 0 Å². The number of hydrogen-bond acceptors (Lipinski definition) is 3. The van der Waals surface area contributed by atoms with Crippen molar-refractivity contribution in [2.75, 3.05) is 0 Å². The van der Waals surface area contributed by atoms with Crippen LogP contribution in [0.3, 0.4) is 0 Å². The van der Waals surface area contributed by atoms with Crippen LogP contribution in [0.5, 0.6) is 0 Å². The van der Waals surface area contributed by atoms with Crippen LogP contribution in [-0.2, 0) is 17.9 Å². The Morgan fingerprint density at radius 3 is 1.96 bits per heavy atom. The number of thiocarbonyl (C=S) groups is 1. The van der Waals surface area contributed by atoms with E-state index in [1.165, 1.54) is 6.08 Å². The van der Waals surface area contributed by atoms with Crippen LogP contribution in [0, 0.1) is 0 Å². The Balaban J connectivity index is 1.73. The molecule has 1 amide bonds. The normalized spacial score (nSPS) is 10.8. The summed E-state index contributed by atoms with van der Waals surface area (Å²) < 4.78 is 0. The molecule has 0 radical (unpaired) electrons. The van der Waals surface area contributed by atoms with Crippen LogP contribution in [0.2, 0.25) is 0 Å². The second kappa shape index (κ2) is 9.47. The van der Waals surface area contributed by atoms with Gasteiger partial charge in [0.05, 0.1) is 0 Å². The fourth-order valence-electron chi connectivity index (χ4n) is 2.06. The number of carbonyl (C=O) groups is 1. The van der Waals surface area contributed by atoms with E-state index in [1.54, 1.807) is 0 Å². The number of benzene rings is 2. The molecule has 0 saturated heterocycles. The first-order valence-electron chi connectivity index (χ1n) is 7.72. The molecule has 5 heteroatoms. The summed E-state index contributed by atoms with van der Waals surface area (Å²) in [5.74, 6) is -0.251. The van der Waals surface area contributed by atoms with Crippen molar-refractivity contribution in [3.05, 3.63) is 83.6 Å². The predicted molar refractivity (Wildman–Crippen MR) is 101 cm³/mol. The molecule has 0 aromatic heterocycles. The van der Waals surface area contributed by atoms with Crippen LogP contribution in [0.1, 0.15) is 18.1 Å². The van der Waals surface area contributed by atoms with E-state index in [0.29, 0.717) is 18.2 Å². The molecule has 0 saturated carbocycles. The van der Waals surface area contributed by atoms with Crippen molar-refractivity contribution >= 4 is 23.2 Å². The quantitative estimate of drug-likeness (QED) is 0.560. The van der Waals surface area contributed by atoms with E-state index < -0.39 is 0 Å². The van der Waals surface area contributed by atoms with E-state index in [1.807, 2.05) is 67.6 Å². The molecule has 4 nitrogen and oxygen atoms in total. The van der Waals surface area contributed by atoms with Gasteiger partial charge < -0.3 is 10.6 Å². The van der Waals surface area contributed by atoms with Crippen LogP contribution in [0.4, 0.5) is 0 Å². The van der Waals surface area contributed by atoms with E-state index in [-0.39, 0.29) is 5.91 Å². The Morgan fingerprint density at radius 1 is 0.917 bits per heavy atom. The molecule has 3 N–H and O–H groups in total. The molecule has 0 unspecified atom stereocenters. The highest BCUT2D eigenvalue weighted by Gasteiger charge is 2.02. The first-order valence-corrected chi connectivity index (χ1v) is 8.13. The second-order valence-electron chi connectivity index (χ2n) is 5.32. The van der Waals surface area contributed by atoms with E-state index in [0.717, 1.165) is 16.8 Å². The van der Waals surface area contributed by atoms with Crippen LogP contribution < -0.4 is 16.0 Å². The van der Waals surface area contributed by atoms with E-state index in [9.17, 15) is 4.79 Å². The highest BCUT2D eigenvalue weighted by atomic mass is 32.1. The molecule has 0 bridgehead atoms. The minimum absolute atomic E-state index is 0.251. The topological polar surface area (TPSA) is 53.2 Å². The van der Waals surface area contributed by atoms with Gasteiger partial charge in [-0.15, -0.1) is 0 Å². The van der Waals surface area contributed by atoms with Crippen molar-refractivity contribution < 1.29 is 4.79 Å². The maximum absolute atomic E-state index is 11.9. The van der Waals surface area contributed by atoms with Crippen LogP contribution in [-0.4, -0.2) is 11.0 Å². The summed E-state index contributed by atoms with van der Waals surface area (Å²) >= 11 is 5.13. The zero-order chi connectivity index (χ0) is 17.2. The van der Waals surface area contributed by atoms with E-state index in [4.69, 9.17) is 12.2 Å². The summed E-state index contributed by atoms with van der Waals surface area (Å²) in [6, 6.07) is 19.9. The first-order chi connectivity index (χ1) is 11.6. The molecule has 0 atom stereocenters. The summed E-state index contributed by atoms with van der Waals surface area (Å²) in [5, 5.41) is 9.17. The number of hydrogen-bond donors (Lipinski definition) is 3. The van der Waals surface area contributed by atoms with Crippen LogP contribution >= 0.6 is 12.2 Å². The van der Waals surface area contributed by atoms with E-state index in [2.05, 4.69) is 16.0 Å². The Hall–Kier alpha value is -2.66. The standard InChI is InChI=1S/C19H21N3OS/c1-15(20-13-16-8-4-2-5-9-16)12-18(23)22-19(24)21-14-17-10-6-3-7-11-17/h2-12,20H,13-14H2,1H3,(H2,21,22,23,24)/b15-12-. The smallest absolute Gasteiger partial charge is 0.251 e. The fourth-order valence-corrected chi connectivity index (χ4v) is 2.23. The molecule has 0 aliphatic carbocycles. The van der Waals surface area contributed by atoms with Gasteiger partial charge in [0, 0.05) is 24.9 Å². The molecular weight excluding hydrogens is 318 g/mol. The van der Waals surface area contributed by atoms with Gasteiger partial charge in [-0.25, -0.2) is 0 Å². The lowest BCUT2D eigenvalue weighted by molar-refractivity contribution is -0.115. The van der Waals surface area contributed by atoms with Gasteiger partial charge in [-0.1, -0.05) is 60.7 Å². The summed E-state index contributed by atoms with van der Waals surface area (Å²) in [6.45, 7) is 3.10. The summed E-state index contributed by atoms with van der Waals surface area (Å²) in [7, 11) is 0. The van der Waals surface area contributed by atoms with Gasteiger partial charge in [0.25, 0.3) is 5.91 Å². The molecular formula is C19H21N3OS. The molecule has 2 aromatic rings. The minimum atomic E-state index is -0.251. The molecule has 24 heavy (non-hydrogen) atoms.